The van der Waals surface area contributed by atoms with Crippen LogP contribution in [-0.4, -0.2) is 52.7 Å². The van der Waals surface area contributed by atoms with E-state index in [0.29, 0.717) is 5.75 Å². The molecule has 1 atom stereocenters. The Balaban J connectivity index is 1.34. The van der Waals surface area contributed by atoms with Crippen molar-refractivity contribution >= 4 is 23.6 Å². The van der Waals surface area contributed by atoms with Crippen molar-refractivity contribution in [1.82, 2.24) is 15.1 Å². The van der Waals surface area contributed by atoms with Gasteiger partial charge in [-0.1, -0.05) is 30.3 Å². The average molecular weight is 419 g/mol. The number of benzene rings is 2. The van der Waals surface area contributed by atoms with Crippen molar-refractivity contribution in [2.75, 3.05) is 13.3 Å². The Kier molecular flexibility index (Phi) is 4.78. The first-order valence-electron chi connectivity index (χ1n) is 10.3. The summed E-state index contributed by atoms with van der Waals surface area (Å²) in [5.74, 6) is -1.80. The zero-order valence-corrected chi connectivity index (χ0v) is 16.8. The van der Waals surface area contributed by atoms with Gasteiger partial charge >= 0.3 is 0 Å². The molecule has 2 aromatic carbocycles. The molecule has 0 spiro atoms. The smallest absolute Gasteiger partial charge is 0.266 e. The van der Waals surface area contributed by atoms with E-state index in [1.165, 1.54) is 11.1 Å². The highest BCUT2D eigenvalue weighted by atomic mass is 16.5. The average Bonchev–Trinajstić information content (AvgIpc) is 3.03. The minimum Gasteiger partial charge on any atom is -0.477 e. The maximum Gasteiger partial charge on any atom is 0.266 e. The third-order valence-electron chi connectivity index (χ3n) is 6.04. The third-order valence-corrected chi connectivity index (χ3v) is 6.04. The normalized spacial score (nSPS) is 21.0. The number of piperidine rings is 1. The summed E-state index contributed by atoms with van der Waals surface area (Å²) in [6, 6.07) is 12.2. The minimum atomic E-state index is -0.989. The van der Waals surface area contributed by atoms with Gasteiger partial charge in [-0.3, -0.25) is 34.3 Å². The predicted octanol–water partition coefficient (Wildman–Crippen LogP) is 1.48. The molecule has 4 amide bonds. The number of hydrogen-bond acceptors (Lipinski definition) is 6. The van der Waals surface area contributed by atoms with Crippen LogP contribution in [0.3, 0.4) is 0 Å². The Hall–Kier alpha value is -3.52. The Morgan fingerprint density at radius 2 is 1.74 bits per heavy atom. The van der Waals surface area contributed by atoms with Crippen LogP contribution in [0, 0.1) is 0 Å². The van der Waals surface area contributed by atoms with Crippen LogP contribution in [0.15, 0.2) is 42.5 Å². The van der Waals surface area contributed by atoms with Gasteiger partial charge in [0.1, 0.15) is 18.5 Å². The quantitative estimate of drug-likeness (QED) is 0.755. The first-order valence-corrected chi connectivity index (χ1v) is 10.3. The number of fused-ring (bicyclic) bond motifs is 2. The lowest BCUT2D eigenvalue weighted by molar-refractivity contribution is -0.136. The number of hydrogen-bond donors (Lipinski definition) is 1. The summed E-state index contributed by atoms with van der Waals surface area (Å²) in [7, 11) is 0. The summed E-state index contributed by atoms with van der Waals surface area (Å²) in [4.78, 5) is 52.8. The number of carbonyl (C=O) groups is 4. The van der Waals surface area contributed by atoms with Crippen LogP contribution in [-0.2, 0) is 22.6 Å². The predicted molar refractivity (Wildman–Crippen MR) is 109 cm³/mol. The molecule has 3 aliphatic rings. The van der Waals surface area contributed by atoms with Gasteiger partial charge in [0.2, 0.25) is 11.8 Å². The number of imide groups is 2. The van der Waals surface area contributed by atoms with E-state index in [1.807, 2.05) is 12.1 Å². The van der Waals surface area contributed by atoms with Crippen molar-refractivity contribution in [3.63, 3.8) is 0 Å². The van der Waals surface area contributed by atoms with Crippen molar-refractivity contribution in [2.24, 2.45) is 0 Å². The van der Waals surface area contributed by atoms with Crippen LogP contribution in [0.1, 0.15) is 44.7 Å². The van der Waals surface area contributed by atoms with E-state index in [4.69, 9.17) is 4.74 Å². The molecule has 8 heteroatoms. The van der Waals surface area contributed by atoms with Crippen LogP contribution < -0.4 is 10.1 Å². The monoisotopic (exact) mass is 419 g/mol. The fraction of sp³-hybridized carbons (Fsp3) is 0.304. The van der Waals surface area contributed by atoms with E-state index < -0.39 is 29.7 Å². The number of carbonyl (C=O) groups excluding carboxylic acids is 4. The van der Waals surface area contributed by atoms with Crippen LogP contribution >= 0.6 is 0 Å². The standard InChI is InChI=1S/C23H21N3O5/c27-19-9-8-17(21(28)24-19)26-22(29)16-6-3-7-18(20(16)23(26)30)31-13-25-11-10-14-4-1-2-5-15(14)12-25/h1-7,17H,8-13H2,(H,24,27,28). The maximum absolute atomic E-state index is 13.1. The van der Waals surface area contributed by atoms with E-state index in [9.17, 15) is 19.2 Å². The van der Waals surface area contributed by atoms with Gasteiger partial charge in [0.25, 0.3) is 11.8 Å². The van der Waals surface area contributed by atoms with Gasteiger partial charge in [-0.05, 0) is 36.1 Å². The third kappa shape index (κ3) is 3.38. The Morgan fingerprint density at radius 1 is 0.935 bits per heavy atom. The van der Waals surface area contributed by atoms with Crippen molar-refractivity contribution < 1.29 is 23.9 Å². The molecular formula is C23H21N3O5. The summed E-state index contributed by atoms with van der Waals surface area (Å²) in [5, 5.41) is 2.20. The Bertz CT molecular complexity index is 1110. The van der Waals surface area contributed by atoms with Crippen LogP contribution in [0.2, 0.25) is 0 Å². The van der Waals surface area contributed by atoms with Crippen molar-refractivity contribution in [2.45, 2.75) is 31.8 Å². The summed E-state index contributed by atoms with van der Waals surface area (Å²) >= 11 is 0. The second-order valence-corrected chi connectivity index (χ2v) is 7.97. The lowest BCUT2D eigenvalue weighted by Gasteiger charge is -2.29. The minimum absolute atomic E-state index is 0.0869. The summed E-state index contributed by atoms with van der Waals surface area (Å²) in [5.41, 5.74) is 2.98. The molecule has 3 aliphatic heterocycles. The molecule has 31 heavy (non-hydrogen) atoms. The second kappa shape index (κ2) is 7.63. The van der Waals surface area contributed by atoms with Crippen molar-refractivity contribution in [3.05, 3.63) is 64.7 Å². The van der Waals surface area contributed by atoms with E-state index in [1.54, 1.807) is 18.2 Å². The first kappa shape index (κ1) is 19.4. The molecule has 1 N–H and O–H groups in total. The molecule has 0 saturated carbocycles. The van der Waals surface area contributed by atoms with E-state index >= 15 is 0 Å². The molecule has 0 aliphatic carbocycles. The molecule has 1 fully saturated rings. The number of ether oxygens (including phenoxy) is 1. The highest BCUT2D eigenvalue weighted by molar-refractivity contribution is 6.24. The lowest BCUT2D eigenvalue weighted by atomic mass is 10.0. The molecule has 0 radical (unpaired) electrons. The van der Waals surface area contributed by atoms with Gasteiger partial charge in [0, 0.05) is 19.5 Å². The summed E-state index contributed by atoms with van der Waals surface area (Å²) in [6.45, 7) is 1.87. The second-order valence-electron chi connectivity index (χ2n) is 7.97. The lowest BCUT2D eigenvalue weighted by Crippen LogP contribution is -2.54. The van der Waals surface area contributed by atoms with Gasteiger partial charge in [-0.15, -0.1) is 0 Å². The maximum atomic E-state index is 13.1. The van der Waals surface area contributed by atoms with E-state index in [0.717, 1.165) is 24.4 Å². The Labute approximate surface area is 178 Å². The Morgan fingerprint density at radius 3 is 2.55 bits per heavy atom. The molecule has 1 saturated heterocycles. The van der Waals surface area contributed by atoms with Gasteiger partial charge in [0.05, 0.1) is 11.1 Å². The van der Waals surface area contributed by atoms with Gasteiger partial charge in [-0.2, -0.15) is 0 Å². The van der Waals surface area contributed by atoms with Gasteiger partial charge in [-0.25, -0.2) is 0 Å². The number of rotatable bonds is 4. The topological polar surface area (TPSA) is 96.0 Å². The molecule has 3 heterocycles. The van der Waals surface area contributed by atoms with Crippen molar-refractivity contribution in [1.29, 1.82) is 0 Å². The molecule has 158 valence electrons. The highest BCUT2D eigenvalue weighted by Crippen LogP contribution is 2.33. The molecule has 1 unspecified atom stereocenters. The number of amides is 4. The van der Waals surface area contributed by atoms with E-state index in [-0.39, 0.29) is 30.7 Å². The molecule has 0 bridgehead atoms. The van der Waals surface area contributed by atoms with Crippen LogP contribution in [0.4, 0.5) is 0 Å². The summed E-state index contributed by atoms with van der Waals surface area (Å²) in [6.07, 6.45) is 1.14. The van der Waals surface area contributed by atoms with Crippen LogP contribution in [0.25, 0.3) is 0 Å². The largest absolute Gasteiger partial charge is 0.477 e. The summed E-state index contributed by atoms with van der Waals surface area (Å²) < 4.78 is 5.97. The first-order chi connectivity index (χ1) is 15.0. The van der Waals surface area contributed by atoms with Crippen molar-refractivity contribution in [3.8, 4) is 5.75 Å². The zero-order chi connectivity index (χ0) is 21.5. The fourth-order valence-corrected chi connectivity index (χ4v) is 4.43. The fourth-order valence-electron chi connectivity index (χ4n) is 4.43. The molecule has 0 aromatic heterocycles. The highest BCUT2D eigenvalue weighted by Gasteiger charge is 2.46. The molecule has 5 rings (SSSR count). The zero-order valence-electron chi connectivity index (χ0n) is 16.8. The molecule has 2 aromatic rings. The van der Waals surface area contributed by atoms with Gasteiger partial charge < -0.3 is 4.74 Å². The SMILES string of the molecule is O=C1CCC(N2C(=O)c3cccc(OCN4CCc5ccccc5C4)c3C2=O)C(=O)N1. The number of nitrogens with zero attached hydrogens (tertiary/aromatic N) is 2. The van der Waals surface area contributed by atoms with Gasteiger partial charge in [0.15, 0.2) is 0 Å². The molecule has 8 nitrogen and oxygen atoms in total. The van der Waals surface area contributed by atoms with E-state index in [2.05, 4.69) is 22.3 Å². The number of nitrogens with one attached hydrogen (secondary N) is 1. The molecular weight excluding hydrogens is 398 g/mol. The van der Waals surface area contributed by atoms with Crippen LogP contribution in [0.5, 0.6) is 5.75 Å².